The number of hydroxylamine groups is 1. The molecule has 158 valence electrons. The molecule has 3 rings (SSSR count). The number of amides is 1. The van der Waals surface area contributed by atoms with Crippen molar-refractivity contribution in [1.82, 2.24) is 13.2 Å². The van der Waals surface area contributed by atoms with Crippen LogP contribution in [-0.2, 0) is 24.4 Å². The van der Waals surface area contributed by atoms with Crippen LogP contribution >= 0.6 is 23.3 Å². The van der Waals surface area contributed by atoms with Crippen LogP contribution in [0, 0.1) is 0 Å². The normalized spacial score (nSPS) is 11.6. The highest BCUT2D eigenvalue weighted by Gasteiger charge is 2.25. The number of fused-ring (bicyclic) bond motifs is 1. The molecule has 0 aliphatic heterocycles. The molecule has 2 aromatic carbocycles. The number of aromatic nitrogens is 2. The lowest BCUT2D eigenvalue weighted by atomic mass is 10.2. The zero-order chi connectivity index (χ0) is 21.9. The number of sulfonamides is 1. The number of nitrogens with zero attached hydrogens (tertiary/aromatic N) is 3. The summed E-state index contributed by atoms with van der Waals surface area (Å²) in [5, 5.41) is 2.49. The van der Waals surface area contributed by atoms with Gasteiger partial charge in [0.15, 0.2) is 6.61 Å². The third kappa shape index (κ3) is 4.57. The lowest BCUT2D eigenvalue weighted by Gasteiger charge is -2.15. The van der Waals surface area contributed by atoms with E-state index in [1.807, 2.05) is 0 Å². The van der Waals surface area contributed by atoms with E-state index in [1.54, 1.807) is 18.2 Å². The van der Waals surface area contributed by atoms with Gasteiger partial charge in [0.1, 0.15) is 15.9 Å². The zero-order valence-corrected chi connectivity index (χ0v) is 18.0. The Morgan fingerprint density at radius 3 is 2.73 bits per heavy atom. The highest BCUT2D eigenvalue weighted by Crippen LogP contribution is 2.26. The first kappa shape index (κ1) is 22.1. The fourth-order valence-electron chi connectivity index (χ4n) is 2.37. The molecule has 3 aromatic rings. The third-order valence-corrected chi connectivity index (χ3v) is 6.64. The molecule has 0 atom stereocenters. The second-order valence-corrected chi connectivity index (χ2v) is 8.64. The number of carbonyl (C=O) groups is 2. The molecular weight excluding hydrogens is 456 g/mol. The summed E-state index contributed by atoms with van der Waals surface area (Å²) in [6, 6.07) is 8.68. The zero-order valence-electron chi connectivity index (χ0n) is 15.7. The van der Waals surface area contributed by atoms with E-state index >= 15 is 0 Å². The van der Waals surface area contributed by atoms with Crippen LogP contribution in [0.2, 0.25) is 5.02 Å². The number of anilines is 1. The van der Waals surface area contributed by atoms with E-state index in [9.17, 15) is 18.0 Å². The number of benzene rings is 2. The third-order valence-electron chi connectivity index (χ3n) is 3.93. The Morgan fingerprint density at radius 2 is 2.00 bits per heavy atom. The van der Waals surface area contributed by atoms with Crippen LogP contribution < -0.4 is 5.32 Å². The van der Waals surface area contributed by atoms with Gasteiger partial charge in [-0.3, -0.25) is 9.63 Å². The quantitative estimate of drug-likeness (QED) is 0.411. The molecule has 0 fully saturated rings. The SMILES string of the molecule is CON(C)S(=O)(=O)c1cc(C(=O)OCC(=O)Nc2cccc3nsnc23)ccc1Cl. The van der Waals surface area contributed by atoms with Crippen LogP contribution in [0.1, 0.15) is 10.4 Å². The Labute approximate surface area is 180 Å². The predicted octanol–water partition coefficient (Wildman–Crippen LogP) is 2.32. The van der Waals surface area contributed by atoms with Gasteiger partial charge >= 0.3 is 5.97 Å². The summed E-state index contributed by atoms with van der Waals surface area (Å²) in [6.45, 7) is -0.588. The van der Waals surface area contributed by atoms with Gasteiger partial charge in [-0.05, 0) is 30.3 Å². The molecule has 0 aliphatic rings. The molecule has 0 unspecified atom stereocenters. The number of hydrogen-bond donors (Lipinski definition) is 1. The van der Waals surface area contributed by atoms with Crippen LogP contribution in [0.5, 0.6) is 0 Å². The lowest BCUT2D eigenvalue weighted by molar-refractivity contribution is -0.119. The van der Waals surface area contributed by atoms with Gasteiger partial charge in [0.25, 0.3) is 15.9 Å². The molecule has 0 saturated carbocycles. The molecule has 1 heterocycles. The fourth-order valence-corrected chi connectivity index (χ4v) is 4.40. The van der Waals surface area contributed by atoms with E-state index in [0.29, 0.717) is 21.2 Å². The van der Waals surface area contributed by atoms with Gasteiger partial charge in [0.05, 0.1) is 35.1 Å². The van der Waals surface area contributed by atoms with Crippen molar-refractivity contribution in [2.75, 3.05) is 26.1 Å². The van der Waals surface area contributed by atoms with Crippen molar-refractivity contribution in [3.63, 3.8) is 0 Å². The minimum absolute atomic E-state index is 0.0962. The Balaban J connectivity index is 1.70. The Hall–Kier alpha value is -2.64. The molecule has 0 aliphatic carbocycles. The number of ether oxygens (including phenoxy) is 1. The topological polar surface area (TPSA) is 128 Å². The van der Waals surface area contributed by atoms with Crippen molar-refractivity contribution in [2.45, 2.75) is 4.90 Å². The maximum absolute atomic E-state index is 12.4. The highest BCUT2D eigenvalue weighted by molar-refractivity contribution is 7.89. The van der Waals surface area contributed by atoms with Gasteiger partial charge in [-0.2, -0.15) is 8.75 Å². The summed E-state index contributed by atoms with van der Waals surface area (Å²) in [5.41, 5.74) is 1.49. The standard InChI is InChI=1S/C17H15ClN4O6S2/c1-22(27-2)30(25,26)14-8-10(6-7-11(14)18)17(24)28-9-15(23)19-12-4-3-5-13-16(12)21-29-20-13/h3-8H,9H2,1-2H3,(H,19,23). The number of rotatable bonds is 7. The number of esters is 1. The van der Waals surface area contributed by atoms with Crippen molar-refractivity contribution in [2.24, 2.45) is 0 Å². The minimum Gasteiger partial charge on any atom is -0.452 e. The van der Waals surface area contributed by atoms with Crippen molar-refractivity contribution < 1.29 is 27.6 Å². The van der Waals surface area contributed by atoms with Crippen LogP contribution in [0.25, 0.3) is 11.0 Å². The van der Waals surface area contributed by atoms with Gasteiger partial charge in [-0.25, -0.2) is 13.2 Å². The summed E-state index contributed by atoms with van der Waals surface area (Å²) < 4.78 is 38.6. The molecule has 1 aromatic heterocycles. The highest BCUT2D eigenvalue weighted by atomic mass is 35.5. The van der Waals surface area contributed by atoms with E-state index in [4.69, 9.17) is 21.2 Å². The van der Waals surface area contributed by atoms with Crippen LogP contribution in [0.3, 0.4) is 0 Å². The molecular formula is C17H15ClN4O6S2. The van der Waals surface area contributed by atoms with Gasteiger partial charge in [-0.15, -0.1) is 0 Å². The molecule has 0 bridgehead atoms. The first-order chi connectivity index (χ1) is 14.2. The van der Waals surface area contributed by atoms with Crippen LogP contribution in [-0.4, -0.2) is 54.3 Å². The first-order valence-corrected chi connectivity index (χ1v) is 10.8. The molecule has 0 radical (unpaired) electrons. The van der Waals surface area contributed by atoms with E-state index in [0.717, 1.165) is 17.8 Å². The Bertz CT molecular complexity index is 1210. The largest absolute Gasteiger partial charge is 0.452 e. The average molecular weight is 471 g/mol. The number of hydrogen-bond acceptors (Lipinski definition) is 9. The van der Waals surface area contributed by atoms with Crippen molar-refractivity contribution >= 4 is 61.9 Å². The van der Waals surface area contributed by atoms with E-state index < -0.39 is 28.5 Å². The molecule has 0 spiro atoms. The van der Waals surface area contributed by atoms with Crippen molar-refractivity contribution in [3.8, 4) is 0 Å². The second kappa shape index (κ2) is 9.02. The Morgan fingerprint density at radius 1 is 1.23 bits per heavy atom. The molecule has 10 nitrogen and oxygen atoms in total. The fraction of sp³-hybridized carbons (Fsp3) is 0.176. The summed E-state index contributed by atoms with van der Waals surface area (Å²) >= 11 is 6.96. The van der Waals surface area contributed by atoms with Gasteiger partial charge < -0.3 is 10.1 Å². The van der Waals surface area contributed by atoms with Crippen LogP contribution in [0.15, 0.2) is 41.3 Å². The van der Waals surface area contributed by atoms with Crippen molar-refractivity contribution in [3.05, 3.63) is 47.0 Å². The molecule has 13 heteroatoms. The minimum atomic E-state index is -4.08. The van der Waals surface area contributed by atoms with Crippen molar-refractivity contribution in [1.29, 1.82) is 0 Å². The summed E-state index contributed by atoms with van der Waals surface area (Å²) in [5.74, 6) is -1.49. The summed E-state index contributed by atoms with van der Waals surface area (Å²) in [4.78, 5) is 28.8. The first-order valence-electron chi connectivity index (χ1n) is 8.25. The maximum Gasteiger partial charge on any atom is 0.338 e. The van der Waals surface area contributed by atoms with Crippen LogP contribution in [0.4, 0.5) is 5.69 Å². The maximum atomic E-state index is 12.4. The number of nitrogens with one attached hydrogen (secondary N) is 1. The summed E-state index contributed by atoms with van der Waals surface area (Å²) in [6.07, 6.45) is 0. The molecule has 1 N–H and O–H groups in total. The lowest BCUT2D eigenvalue weighted by Crippen LogP contribution is -2.26. The molecule has 30 heavy (non-hydrogen) atoms. The smallest absolute Gasteiger partial charge is 0.338 e. The number of carbonyl (C=O) groups excluding carboxylic acids is 2. The van der Waals surface area contributed by atoms with Gasteiger partial charge in [0, 0.05) is 7.05 Å². The Kier molecular flexibility index (Phi) is 6.63. The predicted molar refractivity (Wildman–Crippen MR) is 110 cm³/mol. The van der Waals surface area contributed by atoms with Gasteiger partial charge in [-0.1, -0.05) is 22.1 Å². The number of halogens is 1. The second-order valence-electron chi connectivity index (χ2n) is 5.80. The molecule has 1 amide bonds. The summed E-state index contributed by atoms with van der Waals surface area (Å²) in [7, 11) is -1.73. The molecule has 0 saturated heterocycles. The monoisotopic (exact) mass is 470 g/mol. The van der Waals surface area contributed by atoms with Gasteiger partial charge in [0.2, 0.25) is 0 Å². The average Bonchev–Trinajstić information content (AvgIpc) is 3.21. The van der Waals surface area contributed by atoms with E-state index in [2.05, 4.69) is 14.1 Å². The van der Waals surface area contributed by atoms with E-state index in [-0.39, 0.29) is 15.5 Å². The van der Waals surface area contributed by atoms with E-state index in [1.165, 1.54) is 26.3 Å².